The third-order valence-corrected chi connectivity index (χ3v) is 4.27. The molecule has 0 radical (unpaired) electrons. The van der Waals surface area contributed by atoms with E-state index in [1.165, 1.54) is 12.2 Å². The van der Waals surface area contributed by atoms with Crippen LogP contribution in [0.1, 0.15) is 18.2 Å². The second kappa shape index (κ2) is 5.07. The highest BCUT2D eigenvalue weighted by atomic mass is 32.2. The van der Waals surface area contributed by atoms with E-state index in [0.29, 0.717) is 5.92 Å². The molecule has 2 rings (SSSR count). The van der Waals surface area contributed by atoms with E-state index in [1.54, 1.807) is 13.3 Å². The molecule has 2 unspecified atom stereocenters. The zero-order valence-corrected chi connectivity index (χ0v) is 10.5. The van der Waals surface area contributed by atoms with E-state index >= 15 is 0 Å². The van der Waals surface area contributed by atoms with Gasteiger partial charge in [-0.05, 0) is 23.8 Å². The molecule has 5 nitrogen and oxygen atoms in total. The average molecular weight is 242 g/mol. The van der Waals surface area contributed by atoms with Gasteiger partial charge in [0, 0.05) is 7.05 Å². The fraction of sp³-hybridized carbons (Fsp3) is 0.700. The Morgan fingerprint density at radius 1 is 1.75 bits per heavy atom. The van der Waals surface area contributed by atoms with E-state index < -0.39 is 0 Å². The molecule has 3 N–H and O–H groups in total. The summed E-state index contributed by atoms with van der Waals surface area (Å²) in [6, 6.07) is 0.123. The van der Waals surface area contributed by atoms with Crippen molar-refractivity contribution in [1.29, 1.82) is 0 Å². The van der Waals surface area contributed by atoms with Crippen LogP contribution >= 0.6 is 11.8 Å². The Morgan fingerprint density at radius 2 is 2.56 bits per heavy atom. The molecule has 0 bridgehead atoms. The number of nitrogens with two attached hydrogens (primary N) is 1. The monoisotopic (exact) mass is 242 g/mol. The minimum absolute atomic E-state index is 0.123. The highest BCUT2D eigenvalue weighted by molar-refractivity contribution is 7.99. The fourth-order valence-corrected chi connectivity index (χ4v) is 3.49. The summed E-state index contributed by atoms with van der Waals surface area (Å²) in [5.74, 6) is 9.40. The van der Waals surface area contributed by atoms with Crippen LogP contribution in [0.3, 0.4) is 0 Å². The lowest BCUT2D eigenvalue weighted by Gasteiger charge is -2.23. The predicted octanol–water partition coefficient (Wildman–Crippen LogP) is 0.686. The van der Waals surface area contributed by atoms with Gasteiger partial charge < -0.3 is 4.74 Å². The number of aromatic nitrogens is 2. The van der Waals surface area contributed by atoms with Crippen LogP contribution in [-0.4, -0.2) is 28.4 Å². The highest BCUT2D eigenvalue weighted by Gasteiger charge is 2.30. The number of hydrazine groups is 1. The van der Waals surface area contributed by atoms with Gasteiger partial charge in [-0.2, -0.15) is 16.9 Å². The van der Waals surface area contributed by atoms with Crippen molar-refractivity contribution in [3.63, 3.8) is 0 Å². The van der Waals surface area contributed by atoms with E-state index in [4.69, 9.17) is 10.6 Å². The van der Waals surface area contributed by atoms with E-state index in [-0.39, 0.29) is 6.04 Å². The van der Waals surface area contributed by atoms with Crippen LogP contribution in [0.5, 0.6) is 5.75 Å². The SMILES string of the molecule is COc1cnn(C)c1C(NN)C1CCSC1. The normalized spacial score (nSPS) is 22.3. The predicted molar refractivity (Wildman–Crippen MR) is 65.3 cm³/mol. The smallest absolute Gasteiger partial charge is 0.161 e. The molecule has 2 atom stereocenters. The summed E-state index contributed by atoms with van der Waals surface area (Å²) in [4.78, 5) is 0. The van der Waals surface area contributed by atoms with Crippen molar-refractivity contribution in [3.8, 4) is 5.75 Å². The molecule has 1 aromatic rings. The first-order valence-electron chi connectivity index (χ1n) is 5.37. The molecule has 0 amide bonds. The van der Waals surface area contributed by atoms with Crippen molar-refractivity contribution < 1.29 is 4.74 Å². The summed E-state index contributed by atoms with van der Waals surface area (Å²) in [5.41, 5.74) is 3.95. The lowest BCUT2D eigenvalue weighted by atomic mass is 9.96. The van der Waals surface area contributed by atoms with E-state index in [1.807, 2.05) is 23.5 Å². The van der Waals surface area contributed by atoms with E-state index in [9.17, 15) is 0 Å². The van der Waals surface area contributed by atoms with Crippen molar-refractivity contribution in [1.82, 2.24) is 15.2 Å². The number of hydrogen-bond acceptors (Lipinski definition) is 5. The summed E-state index contributed by atoms with van der Waals surface area (Å²) in [5, 5.41) is 4.22. The molecule has 0 aromatic carbocycles. The van der Waals surface area contributed by atoms with Gasteiger partial charge in [0.25, 0.3) is 0 Å². The lowest BCUT2D eigenvalue weighted by molar-refractivity contribution is 0.351. The summed E-state index contributed by atoms with van der Waals surface area (Å²) in [6.07, 6.45) is 2.93. The van der Waals surface area contributed by atoms with Crippen LogP contribution in [0.15, 0.2) is 6.20 Å². The molecule has 1 aliphatic rings. The molecule has 90 valence electrons. The molecule has 2 heterocycles. The molecule has 6 heteroatoms. The zero-order valence-electron chi connectivity index (χ0n) is 9.64. The van der Waals surface area contributed by atoms with Crippen molar-refractivity contribution in [2.75, 3.05) is 18.6 Å². The Balaban J connectivity index is 2.27. The van der Waals surface area contributed by atoms with Gasteiger partial charge in [0.1, 0.15) is 0 Å². The molecule has 1 aliphatic heterocycles. The molecule has 1 aromatic heterocycles. The van der Waals surface area contributed by atoms with Crippen molar-refractivity contribution in [2.24, 2.45) is 18.8 Å². The first-order chi connectivity index (χ1) is 7.77. The maximum atomic E-state index is 5.68. The quantitative estimate of drug-likeness (QED) is 0.600. The second-order valence-corrected chi connectivity index (χ2v) is 5.14. The summed E-state index contributed by atoms with van der Waals surface area (Å²) >= 11 is 1.98. The Morgan fingerprint density at radius 3 is 3.12 bits per heavy atom. The van der Waals surface area contributed by atoms with Crippen molar-refractivity contribution in [3.05, 3.63) is 11.9 Å². The van der Waals surface area contributed by atoms with Crippen LogP contribution in [0.2, 0.25) is 0 Å². The minimum Gasteiger partial charge on any atom is -0.493 e. The molecular formula is C10H18N4OS. The molecule has 0 saturated carbocycles. The zero-order chi connectivity index (χ0) is 11.5. The van der Waals surface area contributed by atoms with Crippen molar-refractivity contribution >= 4 is 11.8 Å². The van der Waals surface area contributed by atoms with Gasteiger partial charge in [0.15, 0.2) is 5.75 Å². The van der Waals surface area contributed by atoms with Crippen molar-refractivity contribution in [2.45, 2.75) is 12.5 Å². The largest absolute Gasteiger partial charge is 0.493 e. The molecule has 0 spiro atoms. The second-order valence-electron chi connectivity index (χ2n) is 3.99. The Bertz CT molecular complexity index is 349. The van der Waals surface area contributed by atoms with Gasteiger partial charge in [-0.25, -0.2) is 0 Å². The van der Waals surface area contributed by atoms with Crippen LogP contribution in [0.4, 0.5) is 0 Å². The fourth-order valence-electron chi connectivity index (χ4n) is 2.19. The van der Waals surface area contributed by atoms with Gasteiger partial charge in [-0.15, -0.1) is 0 Å². The maximum Gasteiger partial charge on any atom is 0.161 e. The van der Waals surface area contributed by atoms with Gasteiger partial charge in [-0.3, -0.25) is 16.0 Å². The summed E-state index contributed by atoms with van der Waals surface area (Å²) in [7, 11) is 3.59. The Labute approximate surface area is 99.7 Å². The van der Waals surface area contributed by atoms with Gasteiger partial charge in [0.05, 0.1) is 25.0 Å². The Hall–Kier alpha value is -0.720. The number of methoxy groups -OCH3 is 1. The third kappa shape index (κ3) is 2.05. The number of aryl methyl sites for hydroxylation is 1. The first-order valence-corrected chi connectivity index (χ1v) is 6.53. The number of rotatable bonds is 4. The maximum absolute atomic E-state index is 5.68. The highest BCUT2D eigenvalue weighted by Crippen LogP contribution is 2.36. The topological polar surface area (TPSA) is 65.1 Å². The molecule has 16 heavy (non-hydrogen) atoms. The molecule has 1 saturated heterocycles. The Kier molecular flexibility index (Phi) is 3.73. The third-order valence-electron chi connectivity index (χ3n) is 3.08. The number of ether oxygens (including phenoxy) is 1. The molecule has 0 aliphatic carbocycles. The van der Waals surface area contributed by atoms with Crippen LogP contribution in [-0.2, 0) is 7.05 Å². The number of thioether (sulfide) groups is 1. The van der Waals surface area contributed by atoms with Gasteiger partial charge in [0.2, 0.25) is 0 Å². The van der Waals surface area contributed by atoms with E-state index in [0.717, 1.165) is 17.2 Å². The summed E-state index contributed by atoms with van der Waals surface area (Å²) < 4.78 is 7.16. The van der Waals surface area contributed by atoms with E-state index in [2.05, 4.69) is 10.5 Å². The minimum atomic E-state index is 0.123. The molecular weight excluding hydrogens is 224 g/mol. The van der Waals surface area contributed by atoms with Crippen LogP contribution in [0.25, 0.3) is 0 Å². The number of nitrogens with zero attached hydrogens (tertiary/aromatic N) is 2. The molecule has 1 fully saturated rings. The first kappa shape index (κ1) is 11.8. The lowest BCUT2D eigenvalue weighted by Crippen LogP contribution is -2.35. The van der Waals surface area contributed by atoms with Gasteiger partial charge >= 0.3 is 0 Å². The standard InChI is InChI=1S/C10H18N4OS/c1-14-10(8(15-2)5-12-14)9(13-11)7-3-4-16-6-7/h5,7,9,13H,3-4,6,11H2,1-2H3. The summed E-state index contributed by atoms with van der Waals surface area (Å²) in [6.45, 7) is 0. The van der Waals surface area contributed by atoms with Gasteiger partial charge in [-0.1, -0.05) is 0 Å². The number of nitrogens with one attached hydrogen (secondary N) is 1. The average Bonchev–Trinajstić information content (AvgIpc) is 2.91. The van der Waals surface area contributed by atoms with Crippen LogP contribution in [0, 0.1) is 5.92 Å². The number of hydrogen-bond donors (Lipinski definition) is 2. The van der Waals surface area contributed by atoms with Crippen LogP contribution < -0.4 is 16.0 Å².